The van der Waals surface area contributed by atoms with Gasteiger partial charge in [0.15, 0.2) is 0 Å². The molecule has 2 amide bonds. The number of nitrogens with zero attached hydrogens (tertiary/aromatic N) is 3. The lowest BCUT2D eigenvalue weighted by Gasteiger charge is -2.39. The maximum absolute atomic E-state index is 12.1. The van der Waals surface area contributed by atoms with Crippen LogP contribution in [0.25, 0.3) is 0 Å². The molecule has 0 saturated carbocycles. The van der Waals surface area contributed by atoms with Crippen molar-refractivity contribution < 1.29 is 9.59 Å². The number of benzene rings is 1. The summed E-state index contributed by atoms with van der Waals surface area (Å²) in [4.78, 5) is 29.4. The second kappa shape index (κ2) is 6.26. The van der Waals surface area contributed by atoms with E-state index in [1.807, 2.05) is 29.2 Å². The van der Waals surface area contributed by atoms with E-state index in [2.05, 4.69) is 11.9 Å². The molecular weight excluding hydrogens is 266 g/mol. The third-order valence-corrected chi connectivity index (χ3v) is 4.02. The third-order valence-electron chi connectivity index (χ3n) is 4.02. The SMILES string of the molecule is CC(=O)N1CCN(C)[C@H](c2cccc(C(=O)N(C)C)c2)C1. The molecule has 114 valence electrons. The highest BCUT2D eigenvalue weighted by Gasteiger charge is 2.27. The predicted octanol–water partition coefficient (Wildman–Crippen LogP) is 1.22. The van der Waals surface area contributed by atoms with Crippen LogP contribution in [-0.4, -0.2) is 67.3 Å². The van der Waals surface area contributed by atoms with E-state index < -0.39 is 0 Å². The molecule has 0 unspecified atom stereocenters. The smallest absolute Gasteiger partial charge is 0.253 e. The van der Waals surface area contributed by atoms with Gasteiger partial charge in [0, 0.05) is 46.2 Å². The molecule has 1 aliphatic rings. The van der Waals surface area contributed by atoms with E-state index in [-0.39, 0.29) is 17.9 Å². The number of likely N-dealkylation sites (N-methyl/N-ethyl adjacent to an activating group) is 1. The monoisotopic (exact) mass is 289 g/mol. The van der Waals surface area contributed by atoms with Crippen LogP contribution in [0, 0.1) is 0 Å². The minimum atomic E-state index is -0.00117. The van der Waals surface area contributed by atoms with Gasteiger partial charge in [-0.25, -0.2) is 0 Å². The molecule has 21 heavy (non-hydrogen) atoms. The summed E-state index contributed by atoms with van der Waals surface area (Å²) < 4.78 is 0. The summed E-state index contributed by atoms with van der Waals surface area (Å²) in [7, 11) is 5.56. The van der Waals surface area contributed by atoms with Crippen molar-refractivity contribution in [2.45, 2.75) is 13.0 Å². The first-order valence-electron chi connectivity index (χ1n) is 7.17. The normalized spacial score (nSPS) is 19.4. The summed E-state index contributed by atoms with van der Waals surface area (Å²) in [5.74, 6) is 0.104. The molecule has 0 aromatic heterocycles. The summed E-state index contributed by atoms with van der Waals surface area (Å²) >= 11 is 0. The average molecular weight is 289 g/mol. The molecular formula is C16H23N3O2. The molecule has 1 fully saturated rings. The zero-order chi connectivity index (χ0) is 15.6. The Labute approximate surface area is 126 Å². The van der Waals surface area contributed by atoms with Crippen molar-refractivity contribution in [2.75, 3.05) is 40.8 Å². The van der Waals surface area contributed by atoms with Gasteiger partial charge >= 0.3 is 0 Å². The molecule has 5 nitrogen and oxygen atoms in total. The lowest BCUT2D eigenvalue weighted by molar-refractivity contribution is -0.131. The van der Waals surface area contributed by atoms with E-state index >= 15 is 0 Å². The van der Waals surface area contributed by atoms with Crippen LogP contribution < -0.4 is 0 Å². The van der Waals surface area contributed by atoms with Crippen LogP contribution in [0.5, 0.6) is 0 Å². The molecule has 1 heterocycles. The first-order chi connectivity index (χ1) is 9.90. The molecule has 1 atom stereocenters. The minimum absolute atomic E-state index is 0.00117. The summed E-state index contributed by atoms with van der Waals surface area (Å²) in [5.41, 5.74) is 1.77. The van der Waals surface area contributed by atoms with Crippen LogP contribution >= 0.6 is 0 Å². The number of piperazine rings is 1. The number of hydrogen-bond acceptors (Lipinski definition) is 3. The minimum Gasteiger partial charge on any atom is -0.345 e. The first kappa shape index (κ1) is 15.5. The van der Waals surface area contributed by atoms with Crippen molar-refractivity contribution >= 4 is 11.8 Å². The summed E-state index contributed by atoms with van der Waals surface area (Å²) in [6.07, 6.45) is 0. The van der Waals surface area contributed by atoms with E-state index in [9.17, 15) is 9.59 Å². The van der Waals surface area contributed by atoms with E-state index in [1.165, 1.54) is 0 Å². The number of rotatable bonds is 2. The fourth-order valence-electron chi connectivity index (χ4n) is 2.66. The standard InChI is InChI=1S/C16H23N3O2/c1-12(20)19-9-8-18(4)15(11-19)13-6-5-7-14(10-13)16(21)17(2)3/h5-7,10,15H,8-9,11H2,1-4H3/t15-/m0/s1. The highest BCUT2D eigenvalue weighted by molar-refractivity contribution is 5.94. The molecule has 0 N–H and O–H groups in total. The van der Waals surface area contributed by atoms with Crippen LogP contribution in [0.1, 0.15) is 28.9 Å². The van der Waals surface area contributed by atoms with E-state index in [1.54, 1.807) is 25.9 Å². The van der Waals surface area contributed by atoms with Gasteiger partial charge in [0.1, 0.15) is 0 Å². The number of amides is 2. The predicted molar refractivity (Wildman–Crippen MR) is 82.1 cm³/mol. The van der Waals surface area contributed by atoms with Crippen molar-refractivity contribution in [1.82, 2.24) is 14.7 Å². The molecule has 1 aromatic rings. The van der Waals surface area contributed by atoms with Gasteiger partial charge in [-0.15, -0.1) is 0 Å². The van der Waals surface area contributed by atoms with Crippen LogP contribution in [-0.2, 0) is 4.79 Å². The number of hydrogen-bond donors (Lipinski definition) is 0. The van der Waals surface area contributed by atoms with E-state index in [0.717, 1.165) is 18.7 Å². The number of carbonyl (C=O) groups is 2. The van der Waals surface area contributed by atoms with Gasteiger partial charge < -0.3 is 9.80 Å². The van der Waals surface area contributed by atoms with Crippen molar-refractivity contribution in [3.8, 4) is 0 Å². The lowest BCUT2D eigenvalue weighted by Crippen LogP contribution is -2.48. The van der Waals surface area contributed by atoms with Crippen LogP contribution in [0.4, 0.5) is 0 Å². The quantitative estimate of drug-likeness (QED) is 0.822. The Morgan fingerprint density at radius 3 is 2.57 bits per heavy atom. The topological polar surface area (TPSA) is 43.9 Å². The van der Waals surface area contributed by atoms with E-state index in [0.29, 0.717) is 12.1 Å². The summed E-state index contributed by atoms with van der Waals surface area (Å²) in [6.45, 7) is 3.88. The van der Waals surface area contributed by atoms with Crippen molar-refractivity contribution in [3.63, 3.8) is 0 Å². The molecule has 1 saturated heterocycles. The van der Waals surface area contributed by atoms with Gasteiger partial charge in [0.25, 0.3) is 5.91 Å². The highest BCUT2D eigenvalue weighted by atomic mass is 16.2. The maximum Gasteiger partial charge on any atom is 0.253 e. The zero-order valence-electron chi connectivity index (χ0n) is 13.2. The molecule has 1 aromatic carbocycles. The fourth-order valence-corrected chi connectivity index (χ4v) is 2.66. The molecule has 1 aliphatic heterocycles. The largest absolute Gasteiger partial charge is 0.345 e. The van der Waals surface area contributed by atoms with Crippen molar-refractivity contribution in [2.24, 2.45) is 0 Å². The molecule has 0 spiro atoms. The molecule has 2 rings (SSSR count). The van der Waals surface area contributed by atoms with Crippen LogP contribution in [0.15, 0.2) is 24.3 Å². The highest BCUT2D eigenvalue weighted by Crippen LogP contribution is 2.25. The second-order valence-corrected chi connectivity index (χ2v) is 5.79. The van der Waals surface area contributed by atoms with Gasteiger partial charge in [-0.1, -0.05) is 12.1 Å². The lowest BCUT2D eigenvalue weighted by atomic mass is 10.00. The Hall–Kier alpha value is -1.88. The van der Waals surface area contributed by atoms with Crippen LogP contribution in [0.2, 0.25) is 0 Å². The van der Waals surface area contributed by atoms with Gasteiger partial charge in [-0.3, -0.25) is 14.5 Å². The Morgan fingerprint density at radius 1 is 1.24 bits per heavy atom. The Bertz CT molecular complexity index is 542. The molecule has 5 heteroatoms. The van der Waals surface area contributed by atoms with Gasteiger partial charge in [-0.2, -0.15) is 0 Å². The average Bonchev–Trinajstić information content (AvgIpc) is 2.46. The zero-order valence-corrected chi connectivity index (χ0v) is 13.2. The Morgan fingerprint density at radius 2 is 1.95 bits per heavy atom. The second-order valence-electron chi connectivity index (χ2n) is 5.79. The van der Waals surface area contributed by atoms with Crippen LogP contribution in [0.3, 0.4) is 0 Å². The maximum atomic E-state index is 12.1. The Kier molecular flexibility index (Phi) is 4.63. The molecule has 0 bridgehead atoms. The first-order valence-corrected chi connectivity index (χ1v) is 7.17. The summed E-state index contributed by atoms with van der Waals surface area (Å²) in [6, 6.07) is 7.84. The van der Waals surface area contributed by atoms with Gasteiger partial charge in [-0.05, 0) is 24.7 Å². The van der Waals surface area contributed by atoms with Gasteiger partial charge in [0.2, 0.25) is 5.91 Å². The summed E-state index contributed by atoms with van der Waals surface area (Å²) in [5, 5.41) is 0. The van der Waals surface area contributed by atoms with Crippen molar-refractivity contribution in [3.05, 3.63) is 35.4 Å². The van der Waals surface area contributed by atoms with Gasteiger partial charge in [0.05, 0.1) is 6.04 Å². The molecule has 0 aliphatic carbocycles. The number of carbonyl (C=O) groups excluding carboxylic acids is 2. The van der Waals surface area contributed by atoms with E-state index in [4.69, 9.17) is 0 Å². The fraction of sp³-hybridized carbons (Fsp3) is 0.500. The Balaban J connectivity index is 2.25. The van der Waals surface area contributed by atoms with Crippen molar-refractivity contribution in [1.29, 1.82) is 0 Å². The molecule has 0 radical (unpaired) electrons. The third kappa shape index (κ3) is 3.42.